The predicted molar refractivity (Wildman–Crippen MR) is 148 cm³/mol. The first kappa shape index (κ1) is 26.2. The molecule has 1 N–H and O–H groups in total. The number of nitrogens with zero attached hydrogens (tertiary/aromatic N) is 3. The Kier molecular flexibility index (Phi) is 7.80. The van der Waals surface area contributed by atoms with Gasteiger partial charge in [0.1, 0.15) is 6.54 Å². The van der Waals surface area contributed by atoms with Gasteiger partial charge in [0.2, 0.25) is 0 Å². The topological polar surface area (TPSA) is 83.8 Å². The van der Waals surface area contributed by atoms with Crippen LogP contribution in [-0.4, -0.2) is 31.7 Å². The third kappa shape index (κ3) is 5.93. The number of rotatable bonds is 8. The monoisotopic (exact) mass is 534 g/mol. The number of anilines is 1. The Bertz CT molecular complexity index is 1550. The van der Waals surface area contributed by atoms with Crippen molar-refractivity contribution in [3.05, 3.63) is 112 Å². The standard InChI is InChI=1S/C28H27ClN4O3S/c1-20-12-14-25(15-13-20)32(37(35,36)27-10-5-4-6-11-27)19-28(34)31-30-18-23-16-21(2)33(22(23)3)26-9-7-8-24(29)17-26/h4-18H,19H2,1-3H3,(H,31,34)/b30-18+. The van der Waals surface area contributed by atoms with E-state index in [1.54, 1.807) is 48.7 Å². The van der Waals surface area contributed by atoms with Crippen molar-refractivity contribution in [2.75, 3.05) is 10.8 Å². The quantitative estimate of drug-likeness (QED) is 0.242. The van der Waals surface area contributed by atoms with Crippen molar-refractivity contribution < 1.29 is 13.2 Å². The maximum Gasteiger partial charge on any atom is 0.264 e. The number of hydrazone groups is 1. The van der Waals surface area contributed by atoms with E-state index in [-0.39, 0.29) is 4.90 Å². The highest BCUT2D eigenvalue weighted by atomic mass is 35.5. The third-order valence-electron chi connectivity index (χ3n) is 5.87. The number of hydrogen-bond acceptors (Lipinski definition) is 4. The smallest absolute Gasteiger partial charge is 0.264 e. The molecular formula is C28H27ClN4O3S. The van der Waals surface area contributed by atoms with Gasteiger partial charge in [-0.2, -0.15) is 5.10 Å². The van der Waals surface area contributed by atoms with Crippen molar-refractivity contribution in [2.45, 2.75) is 25.7 Å². The largest absolute Gasteiger partial charge is 0.318 e. The van der Waals surface area contributed by atoms with E-state index < -0.39 is 22.5 Å². The third-order valence-corrected chi connectivity index (χ3v) is 7.89. The van der Waals surface area contributed by atoms with Gasteiger partial charge in [-0.15, -0.1) is 0 Å². The maximum atomic E-state index is 13.4. The van der Waals surface area contributed by atoms with Gasteiger partial charge in [-0.3, -0.25) is 9.10 Å². The number of carbonyl (C=O) groups excluding carboxylic acids is 1. The number of carbonyl (C=O) groups is 1. The van der Waals surface area contributed by atoms with E-state index in [1.807, 2.05) is 55.7 Å². The molecule has 4 rings (SSSR count). The number of benzene rings is 3. The molecule has 0 saturated heterocycles. The van der Waals surface area contributed by atoms with E-state index in [9.17, 15) is 13.2 Å². The number of aromatic nitrogens is 1. The molecule has 1 aromatic heterocycles. The normalized spacial score (nSPS) is 11.6. The second-order valence-electron chi connectivity index (χ2n) is 8.60. The Morgan fingerprint density at radius 1 is 0.973 bits per heavy atom. The van der Waals surface area contributed by atoms with Crippen LogP contribution >= 0.6 is 11.6 Å². The molecule has 0 bridgehead atoms. The Balaban J connectivity index is 1.54. The van der Waals surface area contributed by atoms with Gasteiger partial charge in [0.05, 0.1) is 16.8 Å². The lowest BCUT2D eigenvalue weighted by molar-refractivity contribution is -0.119. The lowest BCUT2D eigenvalue weighted by Crippen LogP contribution is -2.39. The van der Waals surface area contributed by atoms with Crippen LogP contribution in [0.15, 0.2) is 94.9 Å². The van der Waals surface area contributed by atoms with Crippen LogP contribution in [0.1, 0.15) is 22.5 Å². The molecular weight excluding hydrogens is 508 g/mol. The molecule has 0 aliphatic heterocycles. The Morgan fingerprint density at radius 3 is 2.35 bits per heavy atom. The van der Waals surface area contributed by atoms with Crippen LogP contribution in [0.25, 0.3) is 5.69 Å². The van der Waals surface area contributed by atoms with Gasteiger partial charge in [0.25, 0.3) is 15.9 Å². The Labute approximate surface area is 222 Å². The van der Waals surface area contributed by atoms with Crippen LogP contribution in [0, 0.1) is 20.8 Å². The fourth-order valence-corrected chi connectivity index (χ4v) is 5.64. The van der Waals surface area contributed by atoms with E-state index in [0.29, 0.717) is 10.7 Å². The number of sulfonamides is 1. The molecule has 0 radical (unpaired) electrons. The number of halogens is 1. The summed E-state index contributed by atoms with van der Waals surface area (Å²) in [7, 11) is -3.98. The average molecular weight is 535 g/mol. The molecule has 0 saturated carbocycles. The highest BCUT2D eigenvalue weighted by Crippen LogP contribution is 2.24. The minimum Gasteiger partial charge on any atom is -0.318 e. The van der Waals surface area contributed by atoms with Crippen molar-refractivity contribution in [3.8, 4) is 5.69 Å². The molecule has 1 amide bonds. The molecule has 7 nitrogen and oxygen atoms in total. The second kappa shape index (κ2) is 11.0. The van der Waals surface area contributed by atoms with Crippen molar-refractivity contribution >= 4 is 39.4 Å². The molecule has 0 fully saturated rings. The first-order valence-corrected chi connectivity index (χ1v) is 13.4. The molecule has 37 heavy (non-hydrogen) atoms. The lowest BCUT2D eigenvalue weighted by Gasteiger charge is -2.23. The van der Waals surface area contributed by atoms with Crippen molar-refractivity contribution in [2.24, 2.45) is 5.10 Å². The lowest BCUT2D eigenvalue weighted by atomic mass is 10.2. The summed E-state index contributed by atoms with van der Waals surface area (Å²) in [4.78, 5) is 12.9. The minimum absolute atomic E-state index is 0.0975. The van der Waals surface area contributed by atoms with Gasteiger partial charge in [0.15, 0.2) is 0 Å². The summed E-state index contributed by atoms with van der Waals surface area (Å²) in [5.41, 5.74) is 7.46. The van der Waals surface area contributed by atoms with Crippen LogP contribution in [0.4, 0.5) is 5.69 Å². The van der Waals surface area contributed by atoms with E-state index in [2.05, 4.69) is 10.5 Å². The SMILES string of the molecule is Cc1ccc(N(CC(=O)N/N=C/c2cc(C)n(-c3cccc(Cl)c3)c2C)S(=O)(=O)c2ccccc2)cc1. The van der Waals surface area contributed by atoms with Crippen LogP contribution in [0.5, 0.6) is 0 Å². The maximum absolute atomic E-state index is 13.4. The molecule has 0 spiro atoms. The summed E-state index contributed by atoms with van der Waals surface area (Å²) >= 11 is 6.16. The van der Waals surface area contributed by atoms with Crippen molar-refractivity contribution in [1.29, 1.82) is 0 Å². The molecule has 9 heteroatoms. The van der Waals surface area contributed by atoms with Crippen LogP contribution in [-0.2, 0) is 14.8 Å². The van der Waals surface area contributed by atoms with Gasteiger partial charge in [-0.25, -0.2) is 13.8 Å². The van der Waals surface area contributed by atoms with Gasteiger partial charge in [-0.1, -0.05) is 53.6 Å². The van der Waals surface area contributed by atoms with Crippen molar-refractivity contribution in [3.63, 3.8) is 0 Å². The molecule has 3 aromatic carbocycles. The summed E-state index contributed by atoms with van der Waals surface area (Å²) in [5.74, 6) is -0.569. The molecule has 0 aliphatic rings. The van der Waals surface area contributed by atoms with Gasteiger partial charge < -0.3 is 4.57 Å². The number of amides is 1. The van der Waals surface area contributed by atoms with Gasteiger partial charge in [-0.05, 0) is 69.3 Å². The summed E-state index contributed by atoms with van der Waals surface area (Å²) in [6.45, 7) is 5.39. The van der Waals surface area contributed by atoms with E-state index >= 15 is 0 Å². The van der Waals surface area contributed by atoms with Crippen molar-refractivity contribution in [1.82, 2.24) is 9.99 Å². The van der Waals surface area contributed by atoms with E-state index in [4.69, 9.17) is 11.6 Å². The van der Waals surface area contributed by atoms with Crippen LogP contribution < -0.4 is 9.73 Å². The fraction of sp³-hybridized carbons (Fsp3) is 0.143. The molecule has 0 aliphatic carbocycles. The van der Waals surface area contributed by atoms with Gasteiger partial charge in [0, 0.05) is 27.7 Å². The summed E-state index contributed by atoms with van der Waals surface area (Å²) in [6, 6.07) is 24.5. The molecule has 190 valence electrons. The molecule has 0 unspecified atom stereocenters. The summed E-state index contributed by atoms with van der Waals surface area (Å²) < 4.78 is 29.9. The molecule has 1 heterocycles. The number of nitrogens with one attached hydrogen (secondary N) is 1. The first-order chi connectivity index (χ1) is 17.7. The van der Waals surface area contributed by atoms with Gasteiger partial charge >= 0.3 is 0 Å². The first-order valence-electron chi connectivity index (χ1n) is 11.6. The second-order valence-corrected chi connectivity index (χ2v) is 10.9. The zero-order chi connectivity index (χ0) is 26.6. The zero-order valence-corrected chi connectivity index (χ0v) is 22.3. The van der Waals surface area contributed by atoms with E-state index in [1.165, 1.54) is 12.1 Å². The predicted octanol–water partition coefficient (Wildman–Crippen LogP) is 5.40. The molecule has 0 atom stereocenters. The Morgan fingerprint density at radius 2 is 1.68 bits per heavy atom. The van der Waals surface area contributed by atoms with Crippen LogP contribution in [0.2, 0.25) is 5.02 Å². The Hall–Kier alpha value is -3.88. The fourth-order valence-electron chi connectivity index (χ4n) is 4.02. The zero-order valence-electron chi connectivity index (χ0n) is 20.7. The number of aryl methyl sites for hydroxylation is 2. The average Bonchev–Trinajstić information content (AvgIpc) is 3.16. The number of hydrogen-bond donors (Lipinski definition) is 1. The van der Waals surface area contributed by atoms with E-state index in [0.717, 1.165) is 32.5 Å². The summed E-state index contributed by atoms with van der Waals surface area (Å²) in [6.07, 6.45) is 1.54. The molecule has 4 aromatic rings. The minimum atomic E-state index is -3.98. The highest BCUT2D eigenvalue weighted by molar-refractivity contribution is 7.92. The summed E-state index contributed by atoms with van der Waals surface area (Å²) in [5, 5.41) is 4.73. The van der Waals surface area contributed by atoms with Crippen LogP contribution in [0.3, 0.4) is 0 Å². The highest BCUT2D eigenvalue weighted by Gasteiger charge is 2.27.